The molecule has 8 nitrogen and oxygen atoms in total. The Hall–Kier alpha value is -3.03. The Kier molecular flexibility index (Phi) is 6.97. The van der Waals surface area contributed by atoms with Crippen molar-refractivity contribution in [3.05, 3.63) is 30.0 Å². The summed E-state index contributed by atoms with van der Waals surface area (Å²) in [6.45, 7) is 1.41. The zero-order valence-electron chi connectivity index (χ0n) is 17.4. The Morgan fingerprint density at radius 1 is 1.20 bits per heavy atom. The number of fused-ring (bicyclic) bond motifs is 1. The van der Waals surface area contributed by atoms with Crippen LogP contribution in [0.5, 0.6) is 5.75 Å². The number of carbonyl (C=O) groups excluding carboxylic acids is 2. The van der Waals surface area contributed by atoms with Gasteiger partial charge < -0.3 is 25.5 Å². The van der Waals surface area contributed by atoms with Gasteiger partial charge in [-0.15, -0.1) is 0 Å². The summed E-state index contributed by atoms with van der Waals surface area (Å²) in [6, 6.07) is 5.35. The molecule has 162 valence electrons. The number of amides is 2. The van der Waals surface area contributed by atoms with Crippen LogP contribution in [0.1, 0.15) is 55.9 Å². The predicted molar refractivity (Wildman–Crippen MR) is 113 cm³/mol. The molecule has 0 spiro atoms. The molecule has 0 radical (unpaired) electrons. The van der Waals surface area contributed by atoms with Crippen LogP contribution in [0.25, 0.3) is 10.9 Å². The van der Waals surface area contributed by atoms with E-state index in [4.69, 9.17) is 9.84 Å². The van der Waals surface area contributed by atoms with Crippen LogP contribution >= 0.6 is 0 Å². The minimum absolute atomic E-state index is 0.322. The highest BCUT2D eigenvalue weighted by atomic mass is 16.5. The summed E-state index contributed by atoms with van der Waals surface area (Å²) < 4.78 is 5.34. The van der Waals surface area contributed by atoms with Gasteiger partial charge in [0.05, 0.1) is 7.11 Å². The molecule has 1 aromatic carbocycles. The largest absolute Gasteiger partial charge is 0.496 e. The van der Waals surface area contributed by atoms with Crippen LogP contribution in [-0.4, -0.2) is 47.1 Å². The molecule has 0 aliphatic heterocycles. The van der Waals surface area contributed by atoms with Crippen LogP contribution in [0, 0.1) is 5.92 Å². The Morgan fingerprint density at radius 2 is 1.93 bits per heavy atom. The minimum atomic E-state index is -1.12. The van der Waals surface area contributed by atoms with Crippen molar-refractivity contribution in [2.75, 3.05) is 7.11 Å². The molecule has 2 atom stereocenters. The molecule has 4 N–H and O–H groups in total. The number of hydrogen-bond donors (Lipinski definition) is 4. The third-order valence-electron chi connectivity index (χ3n) is 5.73. The van der Waals surface area contributed by atoms with Crippen molar-refractivity contribution in [2.24, 2.45) is 5.92 Å². The van der Waals surface area contributed by atoms with E-state index in [-0.39, 0.29) is 0 Å². The summed E-state index contributed by atoms with van der Waals surface area (Å²) in [4.78, 5) is 39.9. The summed E-state index contributed by atoms with van der Waals surface area (Å²) >= 11 is 0. The van der Waals surface area contributed by atoms with Crippen molar-refractivity contribution in [3.63, 3.8) is 0 Å². The predicted octanol–water partition coefficient (Wildman–Crippen LogP) is 2.83. The molecule has 1 aliphatic rings. The molecule has 1 aliphatic carbocycles. The number of carboxylic acid groups (broad SMARTS) is 1. The number of benzene rings is 1. The van der Waals surface area contributed by atoms with Gasteiger partial charge in [0.1, 0.15) is 23.5 Å². The van der Waals surface area contributed by atoms with Gasteiger partial charge in [-0.3, -0.25) is 14.4 Å². The van der Waals surface area contributed by atoms with E-state index in [1.807, 2.05) is 18.2 Å². The second kappa shape index (κ2) is 9.65. The fraction of sp³-hybridized carbons (Fsp3) is 0.500. The van der Waals surface area contributed by atoms with E-state index < -0.39 is 29.9 Å². The van der Waals surface area contributed by atoms with Crippen molar-refractivity contribution in [2.45, 2.75) is 57.5 Å². The van der Waals surface area contributed by atoms with E-state index in [0.29, 0.717) is 23.8 Å². The zero-order valence-corrected chi connectivity index (χ0v) is 17.4. The van der Waals surface area contributed by atoms with E-state index >= 15 is 0 Å². The van der Waals surface area contributed by atoms with Gasteiger partial charge in [0.15, 0.2) is 0 Å². The summed E-state index contributed by atoms with van der Waals surface area (Å²) in [5.41, 5.74) is 1.08. The molecule has 3 rings (SSSR count). The average molecular weight is 415 g/mol. The van der Waals surface area contributed by atoms with Gasteiger partial charge in [-0.2, -0.15) is 0 Å². The SMILES string of the molecule is COc1cccc2[nH]c(C(=O)NC(CC3CCCCC3)C(=O)NC(C)C(=O)O)cc12. The first-order chi connectivity index (χ1) is 14.4. The zero-order chi connectivity index (χ0) is 21.7. The topological polar surface area (TPSA) is 121 Å². The first-order valence-corrected chi connectivity index (χ1v) is 10.4. The van der Waals surface area contributed by atoms with Crippen molar-refractivity contribution in [1.29, 1.82) is 0 Å². The van der Waals surface area contributed by atoms with E-state index in [0.717, 1.165) is 36.6 Å². The van der Waals surface area contributed by atoms with Crippen LogP contribution in [0.2, 0.25) is 0 Å². The lowest BCUT2D eigenvalue weighted by molar-refractivity contribution is -0.141. The molecule has 8 heteroatoms. The maximum atomic E-state index is 12.9. The second-order valence-corrected chi connectivity index (χ2v) is 7.94. The van der Waals surface area contributed by atoms with E-state index in [9.17, 15) is 14.4 Å². The minimum Gasteiger partial charge on any atom is -0.496 e. The highest BCUT2D eigenvalue weighted by Crippen LogP contribution is 2.28. The van der Waals surface area contributed by atoms with Crippen molar-refractivity contribution >= 4 is 28.7 Å². The standard InChI is InChI=1S/C22H29N3O5/c1-13(22(28)29)23-20(26)17(11-14-7-4-3-5-8-14)25-21(27)18-12-15-16(24-18)9-6-10-19(15)30-2/h6,9-10,12-14,17,24H,3-5,7-8,11H2,1-2H3,(H,23,26)(H,25,27)(H,28,29). The Morgan fingerprint density at radius 3 is 2.60 bits per heavy atom. The number of H-pyrrole nitrogens is 1. The molecule has 30 heavy (non-hydrogen) atoms. The van der Waals surface area contributed by atoms with Gasteiger partial charge in [0.25, 0.3) is 5.91 Å². The van der Waals surface area contributed by atoms with Crippen molar-refractivity contribution in [1.82, 2.24) is 15.6 Å². The second-order valence-electron chi connectivity index (χ2n) is 7.94. The molecule has 0 saturated heterocycles. The maximum Gasteiger partial charge on any atom is 0.325 e. The first-order valence-electron chi connectivity index (χ1n) is 10.4. The lowest BCUT2D eigenvalue weighted by Crippen LogP contribution is -2.51. The van der Waals surface area contributed by atoms with Crippen LogP contribution in [0.3, 0.4) is 0 Å². The monoisotopic (exact) mass is 415 g/mol. The van der Waals surface area contributed by atoms with Gasteiger partial charge in [0.2, 0.25) is 5.91 Å². The normalized spacial score (nSPS) is 16.6. The van der Waals surface area contributed by atoms with Crippen molar-refractivity contribution < 1.29 is 24.2 Å². The Bertz CT molecular complexity index is 917. The molecule has 1 heterocycles. The van der Waals surface area contributed by atoms with Crippen molar-refractivity contribution in [3.8, 4) is 5.75 Å². The van der Waals surface area contributed by atoms with Crippen LogP contribution < -0.4 is 15.4 Å². The number of carbonyl (C=O) groups is 3. The third-order valence-corrected chi connectivity index (χ3v) is 5.73. The molecular weight excluding hydrogens is 386 g/mol. The van der Waals surface area contributed by atoms with Gasteiger partial charge in [0, 0.05) is 10.9 Å². The number of nitrogens with one attached hydrogen (secondary N) is 3. The van der Waals surface area contributed by atoms with E-state index in [1.165, 1.54) is 13.3 Å². The highest BCUT2D eigenvalue weighted by Gasteiger charge is 2.28. The molecule has 1 fully saturated rings. The lowest BCUT2D eigenvalue weighted by atomic mass is 9.84. The molecule has 1 aromatic heterocycles. The molecule has 2 unspecified atom stereocenters. The van der Waals surface area contributed by atoms with Gasteiger partial charge in [-0.25, -0.2) is 0 Å². The molecule has 2 aromatic rings. The summed E-state index contributed by atoms with van der Waals surface area (Å²) in [5, 5.41) is 15.2. The average Bonchev–Trinajstić information content (AvgIpc) is 3.18. The Balaban J connectivity index is 1.77. The van der Waals surface area contributed by atoms with Crippen LogP contribution in [0.15, 0.2) is 24.3 Å². The van der Waals surface area contributed by atoms with E-state index in [2.05, 4.69) is 15.6 Å². The number of hydrogen-bond acceptors (Lipinski definition) is 4. The van der Waals surface area contributed by atoms with Gasteiger partial charge in [-0.05, 0) is 37.5 Å². The smallest absolute Gasteiger partial charge is 0.325 e. The number of aliphatic carboxylic acids is 1. The third kappa shape index (κ3) is 5.11. The molecule has 2 amide bonds. The number of methoxy groups -OCH3 is 1. The molecule has 1 saturated carbocycles. The lowest BCUT2D eigenvalue weighted by Gasteiger charge is -2.27. The molecular formula is C22H29N3O5. The number of carboxylic acids is 1. The molecule has 0 bridgehead atoms. The number of ether oxygens (including phenoxy) is 1. The fourth-order valence-electron chi connectivity index (χ4n) is 4.03. The van der Waals surface area contributed by atoms with Gasteiger partial charge >= 0.3 is 5.97 Å². The van der Waals surface area contributed by atoms with Gasteiger partial charge in [-0.1, -0.05) is 38.2 Å². The number of aromatic amines is 1. The van der Waals surface area contributed by atoms with Crippen LogP contribution in [0.4, 0.5) is 0 Å². The van der Waals surface area contributed by atoms with Crippen LogP contribution in [-0.2, 0) is 9.59 Å². The van der Waals surface area contributed by atoms with E-state index in [1.54, 1.807) is 13.2 Å². The summed E-state index contributed by atoms with van der Waals surface area (Å²) in [5.74, 6) is -1.02. The fourth-order valence-corrected chi connectivity index (χ4v) is 4.03. The quantitative estimate of drug-likeness (QED) is 0.528. The number of rotatable bonds is 8. The summed E-state index contributed by atoms with van der Waals surface area (Å²) in [7, 11) is 1.57. The maximum absolute atomic E-state index is 12.9. The highest BCUT2D eigenvalue weighted by molar-refractivity contribution is 6.01. The Labute approximate surface area is 175 Å². The first kappa shape index (κ1) is 21.7. The number of aromatic nitrogens is 1. The summed E-state index contributed by atoms with van der Waals surface area (Å²) in [6.07, 6.45) is 5.93.